The molecule has 0 aliphatic carbocycles. The first-order valence-electron chi connectivity index (χ1n) is 39.1. The van der Waals surface area contributed by atoms with E-state index in [2.05, 4.69) is 114 Å². The van der Waals surface area contributed by atoms with E-state index in [1.807, 2.05) is 86.1 Å². The number of rotatable bonds is 32. The van der Waals surface area contributed by atoms with Crippen LogP contribution in [-0.2, 0) is 48.0 Å². The van der Waals surface area contributed by atoms with Crippen LogP contribution in [0.1, 0.15) is 295 Å². The molecule has 1 aromatic carbocycles. The molecule has 7 rings (SSSR count). The van der Waals surface area contributed by atoms with Crippen LogP contribution in [0.25, 0.3) is 0 Å². The van der Waals surface area contributed by atoms with E-state index < -0.39 is 0 Å². The molecular formula is C91H141N8O13S. The summed E-state index contributed by atoms with van der Waals surface area (Å²) in [5.74, 6) is 4.03. The van der Waals surface area contributed by atoms with E-state index in [4.69, 9.17) is 14.3 Å². The Morgan fingerprint density at radius 3 is 1.27 bits per heavy atom. The van der Waals surface area contributed by atoms with Crippen LogP contribution in [0.15, 0.2) is 144 Å². The number of aryl methyl sites for hydroxylation is 9. The summed E-state index contributed by atoms with van der Waals surface area (Å²) < 4.78 is 14.1. The van der Waals surface area contributed by atoms with Gasteiger partial charge in [-0.05, 0) is 184 Å². The number of hydrogen-bond donors (Lipinski definition) is 1. The fraction of sp³-hybridized carbons (Fsp3) is 0.495. The molecule has 0 saturated heterocycles. The van der Waals surface area contributed by atoms with Gasteiger partial charge in [0.15, 0.2) is 35.1 Å². The second kappa shape index (κ2) is 92.9. The molecule has 0 saturated carbocycles. The lowest BCUT2D eigenvalue weighted by molar-refractivity contribution is -0.109. The van der Waals surface area contributed by atoms with E-state index in [1.165, 1.54) is 128 Å². The molecule has 0 aliphatic rings. The van der Waals surface area contributed by atoms with Crippen LogP contribution in [0, 0.1) is 53.4 Å². The van der Waals surface area contributed by atoms with Crippen molar-refractivity contribution in [1.82, 2.24) is 39.9 Å². The van der Waals surface area contributed by atoms with Gasteiger partial charge in [0.2, 0.25) is 0 Å². The number of methoxy groups -OCH3 is 1. The summed E-state index contributed by atoms with van der Waals surface area (Å²) >= 11 is 1.69. The van der Waals surface area contributed by atoms with Crippen LogP contribution in [0.2, 0.25) is 0 Å². The smallest absolute Gasteiger partial charge is 0.194 e. The molecule has 7 aromatic rings. The number of phenols is 1. The van der Waals surface area contributed by atoms with E-state index in [-0.39, 0.29) is 11.5 Å². The molecule has 0 aliphatic heterocycles. The Kier molecular flexibility index (Phi) is 95.8. The van der Waals surface area contributed by atoms with E-state index in [9.17, 15) is 43.2 Å². The maximum absolute atomic E-state index is 10.4. The van der Waals surface area contributed by atoms with Gasteiger partial charge in [0.1, 0.15) is 44.0 Å². The summed E-state index contributed by atoms with van der Waals surface area (Å²) in [5, 5.41) is 9.09. The number of hydrogen-bond acceptors (Lipinski definition) is 22. The second-order valence-electron chi connectivity index (χ2n) is 25.2. The largest absolute Gasteiger partial charge is 0.504 e. The van der Waals surface area contributed by atoms with Gasteiger partial charge in [-0.15, -0.1) is 0 Å². The summed E-state index contributed by atoms with van der Waals surface area (Å²) in [6, 6.07) is 11.0. The van der Waals surface area contributed by atoms with Crippen molar-refractivity contribution in [1.29, 1.82) is 0 Å². The molecule has 0 atom stereocenters. The van der Waals surface area contributed by atoms with Crippen LogP contribution in [0.4, 0.5) is 0 Å². The van der Waals surface area contributed by atoms with Crippen molar-refractivity contribution in [3.05, 3.63) is 209 Å². The predicted octanol–water partition coefficient (Wildman–Crippen LogP) is 22.1. The first-order valence-corrected chi connectivity index (χ1v) is 40.5. The van der Waals surface area contributed by atoms with Gasteiger partial charge < -0.3 is 33.1 Å². The zero-order valence-corrected chi connectivity index (χ0v) is 73.3. The Labute approximate surface area is 684 Å². The summed E-state index contributed by atoms with van der Waals surface area (Å²) in [7, 11) is 1.43. The Morgan fingerprint density at radius 2 is 0.947 bits per heavy atom. The number of phenolic OH excluding ortho intramolecular Hbond substituents is 1. The number of Topliss-reactive ketones (excluding diaryl/α,β-unsaturated/α-hetero) is 1. The molecule has 22 heteroatoms. The van der Waals surface area contributed by atoms with Crippen LogP contribution in [-0.4, -0.2) is 120 Å². The van der Waals surface area contributed by atoms with Gasteiger partial charge in [-0.3, -0.25) is 68.6 Å². The number of carbonyl (C=O) groups excluding carboxylic acids is 9. The van der Waals surface area contributed by atoms with Crippen molar-refractivity contribution in [3.63, 3.8) is 0 Å². The highest BCUT2D eigenvalue weighted by atomic mass is 32.2. The fourth-order valence-electron chi connectivity index (χ4n) is 7.59. The third-order valence-corrected chi connectivity index (χ3v) is 14.5. The van der Waals surface area contributed by atoms with Gasteiger partial charge >= 0.3 is 0 Å². The van der Waals surface area contributed by atoms with Gasteiger partial charge in [0, 0.05) is 75.1 Å². The van der Waals surface area contributed by atoms with Crippen molar-refractivity contribution < 1.29 is 61.8 Å². The normalized spacial score (nSPS) is 9.48. The van der Waals surface area contributed by atoms with Crippen molar-refractivity contribution in [2.24, 2.45) is 5.92 Å². The molecule has 0 spiro atoms. The summed E-state index contributed by atoms with van der Waals surface area (Å²) in [4.78, 5) is 122. The standard InChI is InChI=1S/C10H18O.C9H14N2.C8H12N2.C8H8O3.C8H14O.C7H10N2.C7H12O.C6H6O2.C6H12O.C5H4O2.C5H10O.C4H4N2.C4H8OS.C4H9/c1-2-3-4-5-6-7-8-9-10-11;1-4-8-9(5-2)11-7(3)6-10-8;1-5-6(2)10-8(4)7(3)9-5;1-11-8-4-6(5-9)2-3-7(8)10;1-2-3-4-5-6-7-8-9;1-3-7-6(2)8-4-5-9-7;1-2-3-4-5-6-7-8;1-5(7)6-3-2-4-8-6;1-2-3-4-5-6-7;6-4-5-2-1-3-7-5;1-5(2)3-4-6;1-2-6-4-3-5-1;1-6-4-2-3-5;1-4(2)3/h8-10H,2-7H2,1H3;6H,4-5H2,1-3H3;1-4H3;2-5,10H,1H3;6-8H,2-5H2,1H3;4-5H,3H2,1-2H3;5-7H,2-4H2,1H3;2-4H,1H3;6H,2-5H2,1H3;1-4H;4-5H,3H2,1-2H3;1-4H;3H,2,4H2,1H3;1-3H3/b9-8+;;;;7-6+;;6-5+;;;;;;;. The monoisotopic (exact) mass is 1590 g/mol. The van der Waals surface area contributed by atoms with Crippen LogP contribution < -0.4 is 4.74 Å². The number of allylic oxidation sites excluding steroid dienone is 6. The zero-order valence-electron chi connectivity index (χ0n) is 72.5. The highest BCUT2D eigenvalue weighted by molar-refractivity contribution is 7.98. The Bertz CT molecular complexity index is 3320. The lowest BCUT2D eigenvalue weighted by Crippen LogP contribution is -2.00. The lowest BCUT2D eigenvalue weighted by Gasteiger charge is -2.03. The first-order chi connectivity index (χ1) is 54.3. The number of unbranched alkanes of at least 4 members (excludes halogenated alkanes) is 13. The van der Waals surface area contributed by atoms with Crippen molar-refractivity contribution in [3.8, 4) is 11.5 Å². The quantitative estimate of drug-likeness (QED) is 0.0177. The van der Waals surface area contributed by atoms with Gasteiger partial charge in [-0.2, -0.15) is 11.8 Å². The molecule has 1 radical (unpaired) electrons. The SMILES string of the molecule is CC(=O)c1ccco1.CC(C)CC=O.CCCC/C=C/C=O.CCCCC/C=C/C=O.CCCCCC=O.CCCCCCC/C=C/C=O.CCc1ncc(C)nc1CC.CCc1nccnc1C.COc1cc(C=O)ccc1O.CSCCC=O.C[C](C)C.Cc1nc(C)c(C)nc1C.O=Cc1ccco1.c1cnccn1. The number of benzene rings is 1. The van der Waals surface area contributed by atoms with Crippen molar-refractivity contribution in [2.45, 2.75) is 273 Å². The van der Waals surface area contributed by atoms with Gasteiger partial charge in [0.25, 0.3) is 0 Å². The minimum absolute atomic E-state index is 0.0324. The molecule has 0 unspecified atom stereocenters. The number of ether oxygens (including phenoxy) is 1. The maximum atomic E-state index is 10.4. The molecular weight excluding hydrogens is 1450 g/mol. The number of aromatic nitrogens is 8. The second-order valence-corrected chi connectivity index (χ2v) is 26.2. The minimum Gasteiger partial charge on any atom is -0.504 e. The molecule has 6 aromatic heterocycles. The Morgan fingerprint density at radius 1 is 0.496 bits per heavy atom. The summed E-state index contributed by atoms with van der Waals surface area (Å²) in [5.41, 5.74) is 10.0. The Hall–Kier alpha value is -9.70. The third-order valence-electron chi connectivity index (χ3n) is 13.9. The molecule has 6 heterocycles. The average molecular weight is 1590 g/mol. The lowest BCUT2D eigenvalue weighted by atomic mass is 10.1. The van der Waals surface area contributed by atoms with E-state index in [0.29, 0.717) is 54.2 Å². The van der Waals surface area contributed by atoms with Crippen LogP contribution in [0.3, 0.4) is 0 Å². The van der Waals surface area contributed by atoms with E-state index in [1.54, 1.807) is 91.4 Å². The number of furan rings is 2. The average Bonchev–Trinajstić information content (AvgIpc) is 1.73. The number of carbonyl (C=O) groups is 9. The minimum atomic E-state index is -0.0324. The molecule has 0 fully saturated rings. The molecule has 1 N–H and O–H groups in total. The van der Waals surface area contributed by atoms with Crippen LogP contribution in [0.5, 0.6) is 11.5 Å². The maximum Gasteiger partial charge on any atom is 0.194 e. The van der Waals surface area contributed by atoms with Crippen molar-refractivity contribution in [2.75, 3.05) is 19.1 Å². The van der Waals surface area contributed by atoms with Gasteiger partial charge in [-0.1, -0.05) is 166 Å². The molecule has 0 bridgehead atoms. The number of ketones is 1. The zero-order chi connectivity index (χ0) is 86.8. The number of aromatic hydroxyl groups is 1. The molecule has 629 valence electrons. The molecule has 0 amide bonds. The molecule has 21 nitrogen and oxygen atoms in total. The summed E-state index contributed by atoms with van der Waals surface area (Å²) in [6.45, 7) is 38.6. The topological polar surface area (TPSA) is 312 Å². The van der Waals surface area contributed by atoms with E-state index in [0.717, 1.165) is 146 Å². The highest BCUT2D eigenvalue weighted by Gasteiger charge is 2.03. The first kappa shape index (κ1) is 117. The fourth-order valence-corrected chi connectivity index (χ4v) is 7.92. The third kappa shape index (κ3) is 87.7. The van der Waals surface area contributed by atoms with E-state index >= 15 is 0 Å². The van der Waals surface area contributed by atoms with Gasteiger partial charge in [-0.25, -0.2) is 0 Å². The van der Waals surface area contributed by atoms with Crippen molar-refractivity contribution >= 4 is 67.8 Å². The number of aldehydes is 8. The number of thioether (sulfide) groups is 1. The summed E-state index contributed by atoms with van der Waals surface area (Å²) in [6.07, 6.45) is 58.2. The Balaban J connectivity index is -0.000000216. The highest BCUT2D eigenvalue weighted by Crippen LogP contribution is 2.25. The van der Waals surface area contributed by atoms with Gasteiger partial charge in [0.05, 0.1) is 70.9 Å². The van der Waals surface area contributed by atoms with Crippen LogP contribution >= 0.6 is 11.8 Å². The predicted molar refractivity (Wildman–Crippen MR) is 465 cm³/mol. The number of nitrogens with zero attached hydrogens (tertiary/aromatic N) is 8. The molecule has 113 heavy (non-hydrogen) atoms.